The van der Waals surface area contributed by atoms with E-state index < -0.39 is 0 Å². The fraction of sp³-hybridized carbons (Fsp3) is 0.208. The van der Waals surface area contributed by atoms with Crippen LogP contribution in [0.1, 0.15) is 18.9 Å². The summed E-state index contributed by atoms with van der Waals surface area (Å²) in [6.45, 7) is 3.94. The molecule has 0 fully saturated rings. The molecule has 0 radical (unpaired) electrons. The zero-order valence-corrected chi connectivity index (χ0v) is 20.3. The van der Waals surface area contributed by atoms with Crippen molar-refractivity contribution in [3.63, 3.8) is 0 Å². The monoisotopic (exact) mass is 483 g/mol. The molecule has 0 aliphatic heterocycles. The van der Waals surface area contributed by atoms with E-state index >= 15 is 0 Å². The normalized spacial score (nSPS) is 12.0. The SMILES string of the molecule is CCC(Sc1ncnc2scc(-c3ccc(OC)cc3)c12)C(=O)Nc1cc(Cl)ccc1C. The lowest BCUT2D eigenvalue weighted by molar-refractivity contribution is -0.115. The van der Waals surface area contributed by atoms with E-state index in [2.05, 4.69) is 20.7 Å². The lowest BCUT2D eigenvalue weighted by atomic mass is 10.1. The van der Waals surface area contributed by atoms with Gasteiger partial charge in [0.15, 0.2) is 0 Å². The van der Waals surface area contributed by atoms with Crippen molar-refractivity contribution in [3.05, 3.63) is 64.8 Å². The zero-order chi connectivity index (χ0) is 22.7. The predicted molar refractivity (Wildman–Crippen MR) is 134 cm³/mol. The number of thioether (sulfide) groups is 1. The van der Waals surface area contributed by atoms with Crippen molar-refractivity contribution in [2.45, 2.75) is 30.5 Å². The Hall–Kier alpha value is -2.61. The van der Waals surface area contributed by atoms with Gasteiger partial charge in [-0.25, -0.2) is 9.97 Å². The lowest BCUT2D eigenvalue weighted by Crippen LogP contribution is -2.25. The minimum Gasteiger partial charge on any atom is -0.497 e. The van der Waals surface area contributed by atoms with Gasteiger partial charge in [-0.05, 0) is 48.7 Å². The Labute approximate surface area is 200 Å². The smallest absolute Gasteiger partial charge is 0.237 e. The van der Waals surface area contributed by atoms with E-state index in [1.165, 1.54) is 11.8 Å². The van der Waals surface area contributed by atoms with Gasteiger partial charge in [0.2, 0.25) is 5.91 Å². The first-order chi connectivity index (χ1) is 15.5. The number of aryl methyl sites for hydroxylation is 1. The van der Waals surface area contributed by atoms with Crippen molar-refractivity contribution >= 4 is 56.5 Å². The molecule has 1 N–H and O–H groups in total. The van der Waals surface area contributed by atoms with Crippen LogP contribution in [0.3, 0.4) is 0 Å². The second kappa shape index (κ2) is 9.90. The number of carbonyl (C=O) groups is 1. The zero-order valence-electron chi connectivity index (χ0n) is 17.9. The Morgan fingerprint density at radius 3 is 2.72 bits per heavy atom. The molecule has 2 aromatic carbocycles. The highest BCUT2D eigenvalue weighted by Gasteiger charge is 2.22. The van der Waals surface area contributed by atoms with Crippen LogP contribution in [0.4, 0.5) is 5.69 Å². The number of ether oxygens (including phenoxy) is 1. The quantitative estimate of drug-likeness (QED) is 0.230. The average molecular weight is 484 g/mol. The number of fused-ring (bicyclic) bond motifs is 1. The number of nitrogens with one attached hydrogen (secondary N) is 1. The number of thiophene rings is 1. The van der Waals surface area contributed by atoms with Gasteiger partial charge >= 0.3 is 0 Å². The van der Waals surface area contributed by atoms with Gasteiger partial charge in [-0.15, -0.1) is 11.3 Å². The van der Waals surface area contributed by atoms with Crippen LogP contribution in [0, 0.1) is 6.92 Å². The first kappa shape index (κ1) is 22.6. The fourth-order valence-corrected chi connectivity index (χ4v) is 5.51. The van der Waals surface area contributed by atoms with Crippen LogP contribution in [0.15, 0.2) is 59.2 Å². The second-order valence-electron chi connectivity index (χ2n) is 7.20. The van der Waals surface area contributed by atoms with Crippen molar-refractivity contribution in [1.82, 2.24) is 9.97 Å². The molecular weight excluding hydrogens is 462 g/mol. The third-order valence-corrected chi connectivity index (χ3v) is 7.60. The van der Waals surface area contributed by atoms with Gasteiger partial charge in [0, 0.05) is 21.7 Å². The summed E-state index contributed by atoms with van der Waals surface area (Å²) in [5.74, 6) is 0.731. The van der Waals surface area contributed by atoms with E-state index in [0.717, 1.165) is 43.4 Å². The molecule has 1 atom stereocenters. The number of halogens is 1. The maximum absolute atomic E-state index is 13.1. The predicted octanol–water partition coefficient (Wildman–Crippen LogP) is 6.84. The van der Waals surface area contributed by atoms with Gasteiger partial charge in [0.1, 0.15) is 21.9 Å². The molecule has 164 valence electrons. The maximum Gasteiger partial charge on any atom is 0.237 e. The van der Waals surface area contributed by atoms with E-state index in [1.807, 2.05) is 50.2 Å². The second-order valence-corrected chi connectivity index (χ2v) is 9.69. The molecule has 0 aliphatic carbocycles. The Kier molecular flexibility index (Phi) is 6.98. The molecule has 32 heavy (non-hydrogen) atoms. The van der Waals surface area contributed by atoms with E-state index in [4.69, 9.17) is 16.3 Å². The molecule has 2 heterocycles. The highest BCUT2D eigenvalue weighted by atomic mass is 35.5. The maximum atomic E-state index is 13.1. The summed E-state index contributed by atoms with van der Waals surface area (Å²) < 4.78 is 5.28. The molecule has 4 rings (SSSR count). The molecule has 4 aromatic rings. The van der Waals surface area contributed by atoms with Crippen LogP contribution in [-0.4, -0.2) is 28.2 Å². The number of hydrogen-bond acceptors (Lipinski definition) is 6. The van der Waals surface area contributed by atoms with Crippen LogP contribution in [0.5, 0.6) is 5.75 Å². The molecule has 1 amide bonds. The largest absolute Gasteiger partial charge is 0.497 e. The summed E-state index contributed by atoms with van der Waals surface area (Å²) in [6.07, 6.45) is 2.22. The van der Waals surface area contributed by atoms with Gasteiger partial charge < -0.3 is 10.1 Å². The van der Waals surface area contributed by atoms with Crippen molar-refractivity contribution < 1.29 is 9.53 Å². The number of amides is 1. The van der Waals surface area contributed by atoms with Crippen LogP contribution >= 0.6 is 34.7 Å². The summed E-state index contributed by atoms with van der Waals surface area (Å²) >= 11 is 9.14. The Morgan fingerprint density at radius 2 is 2.00 bits per heavy atom. The van der Waals surface area contributed by atoms with Crippen LogP contribution in [0.25, 0.3) is 21.3 Å². The third kappa shape index (κ3) is 4.75. The highest BCUT2D eigenvalue weighted by Crippen LogP contribution is 2.40. The minimum atomic E-state index is -0.310. The number of nitrogens with zero attached hydrogens (tertiary/aromatic N) is 2. The minimum absolute atomic E-state index is 0.0733. The lowest BCUT2D eigenvalue weighted by Gasteiger charge is -2.16. The third-order valence-electron chi connectivity index (χ3n) is 5.11. The van der Waals surface area contributed by atoms with E-state index in [-0.39, 0.29) is 11.2 Å². The van der Waals surface area contributed by atoms with Crippen molar-refractivity contribution in [2.75, 3.05) is 12.4 Å². The van der Waals surface area contributed by atoms with Crippen molar-refractivity contribution in [2.24, 2.45) is 0 Å². The van der Waals surface area contributed by atoms with E-state index in [1.54, 1.807) is 30.8 Å². The number of hydrogen-bond donors (Lipinski definition) is 1. The summed E-state index contributed by atoms with van der Waals surface area (Å²) in [5.41, 5.74) is 3.80. The Bertz CT molecular complexity index is 1260. The molecular formula is C24H22ClN3O2S2. The molecule has 5 nitrogen and oxygen atoms in total. The van der Waals surface area contributed by atoms with E-state index in [0.29, 0.717) is 11.4 Å². The first-order valence-electron chi connectivity index (χ1n) is 10.1. The van der Waals surface area contributed by atoms with Crippen molar-refractivity contribution in [1.29, 1.82) is 0 Å². The fourth-order valence-electron chi connectivity index (χ4n) is 3.32. The summed E-state index contributed by atoms with van der Waals surface area (Å²) in [5, 5.41) is 7.16. The standard InChI is InChI=1S/C24H22ClN3O2S2/c1-4-20(22(29)28-19-11-16(25)8-5-14(19)2)32-24-21-18(12-31-23(21)26-13-27-24)15-6-9-17(30-3)10-7-15/h5-13,20H,4H2,1-3H3,(H,28,29). The van der Waals surface area contributed by atoms with Gasteiger partial charge in [-0.2, -0.15) is 0 Å². The molecule has 0 saturated carbocycles. The number of rotatable bonds is 7. The van der Waals surface area contributed by atoms with Crippen molar-refractivity contribution in [3.8, 4) is 16.9 Å². The van der Waals surface area contributed by atoms with Gasteiger partial charge in [-0.3, -0.25) is 4.79 Å². The number of methoxy groups -OCH3 is 1. The summed E-state index contributed by atoms with van der Waals surface area (Å²) in [4.78, 5) is 23.0. The topological polar surface area (TPSA) is 64.1 Å². The van der Waals surface area contributed by atoms with Crippen LogP contribution < -0.4 is 10.1 Å². The van der Waals surface area contributed by atoms with Gasteiger partial charge in [0.05, 0.1) is 17.7 Å². The molecule has 0 saturated heterocycles. The molecule has 0 aliphatic rings. The van der Waals surface area contributed by atoms with Gasteiger partial charge in [0.25, 0.3) is 0 Å². The Morgan fingerprint density at radius 1 is 1.22 bits per heavy atom. The van der Waals surface area contributed by atoms with Gasteiger partial charge in [-0.1, -0.05) is 48.5 Å². The number of aromatic nitrogens is 2. The number of benzene rings is 2. The molecule has 8 heteroatoms. The highest BCUT2D eigenvalue weighted by molar-refractivity contribution is 8.00. The summed E-state index contributed by atoms with van der Waals surface area (Å²) in [7, 11) is 1.65. The van der Waals surface area contributed by atoms with Crippen LogP contribution in [-0.2, 0) is 4.79 Å². The molecule has 0 bridgehead atoms. The number of anilines is 1. The Balaban J connectivity index is 1.64. The summed E-state index contributed by atoms with van der Waals surface area (Å²) in [6, 6.07) is 13.4. The molecule has 2 aromatic heterocycles. The molecule has 0 spiro atoms. The molecule has 1 unspecified atom stereocenters. The first-order valence-corrected chi connectivity index (χ1v) is 12.2. The van der Waals surface area contributed by atoms with E-state index in [9.17, 15) is 4.79 Å². The van der Waals surface area contributed by atoms with Crippen LogP contribution in [0.2, 0.25) is 5.02 Å². The number of carbonyl (C=O) groups excluding carboxylic acids is 1. The average Bonchev–Trinajstić information content (AvgIpc) is 3.25.